The Hall–Kier alpha value is -2.23. The molecule has 3 heterocycles. The predicted octanol–water partition coefficient (Wildman–Crippen LogP) is 2.29. The summed E-state index contributed by atoms with van der Waals surface area (Å²) in [6, 6.07) is -0.335. The van der Waals surface area contributed by atoms with Crippen LogP contribution in [0.15, 0.2) is 9.59 Å². The minimum absolute atomic E-state index is 0.0900. The molecule has 2 saturated carbocycles. The quantitative estimate of drug-likeness (QED) is 0.800. The van der Waals surface area contributed by atoms with Crippen LogP contribution in [0, 0.1) is 18.8 Å². The molecule has 7 nitrogen and oxygen atoms in total. The van der Waals surface area contributed by atoms with Crippen molar-refractivity contribution >= 4 is 27.6 Å². The number of carbonyl (C=O) groups excluding carboxylic acids is 1. The zero-order valence-corrected chi connectivity index (χ0v) is 17.0. The number of carbonyl (C=O) groups is 1. The molecule has 2 unspecified atom stereocenters. The first kappa shape index (κ1) is 18.8. The van der Waals surface area contributed by atoms with E-state index in [-0.39, 0.29) is 36.5 Å². The van der Waals surface area contributed by atoms with Gasteiger partial charge in [-0.1, -0.05) is 6.92 Å². The first-order valence-corrected chi connectivity index (χ1v) is 10.7. The van der Waals surface area contributed by atoms with E-state index in [2.05, 4.69) is 5.32 Å². The molecule has 0 aromatic carbocycles. The number of alkyl halides is 2. The van der Waals surface area contributed by atoms with Gasteiger partial charge in [-0.15, -0.1) is 11.3 Å². The van der Waals surface area contributed by atoms with Crippen LogP contribution in [-0.4, -0.2) is 39.1 Å². The SMILES string of the molecule is Cc1c(CN2CCNC2=O)sc2c1c(=O)n(C1C[C@@H]1C)c(=O)n2CC1CC1(F)F. The van der Waals surface area contributed by atoms with E-state index in [1.165, 1.54) is 20.5 Å². The Balaban J connectivity index is 1.66. The van der Waals surface area contributed by atoms with Crippen LogP contribution in [-0.2, 0) is 13.1 Å². The molecule has 2 aromatic rings. The number of thiophene rings is 1. The van der Waals surface area contributed by atoms with Crippen LogP contribution in [0.5, 0.6) is 0 Å². The van der Waals surface area contributed by atoms with E-state index in [0.717, 1.165) is 16.9 Å². The normalized spacial score (nSPS) is 27.5. The lowest BCUT2D eigenvalue weighted by molar-refractivity contribution is 0.0950. The largest absolute Gasteiger partial charge is 0.336 e. The number of hydrogen-bond acceptors (Lipinski definition) is 4. The van der Waals surface area contributed by atoms with Gasteiger partial charge in [-0.05, 0) is 24.8 Å². The van der Waals surface area contributed by atoms with Crippen molar-refractivity contribution in [1.82, 2.24) is 19.4 Å². The van der Waals surface area contributed by atoms with Crippen molar-refractivity contribution in [3.8, 4) is 0 Å². The van der Waals surface area contributed by atoms with Gasteiger partial charge in [-0.25, -0.2) is 18.4 Å². The number of aryl methyl sites for hydroxylation is 1. The van der Waals surface area contributed by atoms with Crippen LogP contribution in [0.25, 0.3) is 10.2 Å². The van der Waals surface area contributed by atoms with Crippen molar-refractivity contribution in [1.29, 1.82) is 0 Å². The van der Waals surface area contributed by atoms with E-state index in [4.69, 9.17) is 0 Å². The summed E-state index contributed by atoms with van der Waals surface area (Å²) < 4.78 is 29.8. The van der Waals surface area contributed by atoms with Crippen LogP contribution >= 0.6 is 11.3 Å². The fourth-order valence-electron chi connectivity index (χ4n) is 4.20. The number of hydrogen-bond donors (Lipinski definition) is 1. The molecule has 5 rings (SSSR count). The first-order valence-electron chi connectivity index (χ1n) is 9.87. The smallest absolute Gasteiger partial charge is 0.332 e. The molecule has 3 atom stereocenters. The number of nitrogens with one attached hydrogen (secondary N) is 1. The maximum absolute atomic E-state index is 13.6. The summed E-state index contributed by atoms with van der Waals surface area (Å²) in [5.41, 5.74) is -0.108. The highest BCUT2D eigenvalue weighted by Gasteiger charge is 2.57. The summed E-state index contributed by atoms with van der Waals surface area (Å²) in [6.07, 6.45) is 0.509. The van der Waals surface area contributed by atoms with E-state index in [0.29, 0.717) is 29.9 Å². The van der Waals surface area contributed by atoms with Gasteiger partial charge in [0, 0.05) is 42.9 Å². The van der Waals surface area contributed by atoms with Crippen molar-refractivity contribution in [2.24, 2.45) is 11.8 Å². The summed E-state index contributed by atoms with van der Waals surface area (Å²) in [5.74, 6) is -3.40. The van der Waals surface area contributed by atoms with Gasteiger partial charge in [0.25, 0.3) is 11.5 Å². The minimum atomic E-state index is -2.75. The lowest BCUT2D eigenvalue weighted by Crippen LogP contribution is -2.40. The van der Waals surface area contributed by atoms with E-state index < -0.39 is 17.5 Å². The number of nitrogens with zero attached hydrogens (tertiary/aromatic N) is 3. The third-order valence-corrected chi connectivity index (χ3v) is 7.68. The number of urea groups is 1. The Morgan fingerprint density at radius 3 is 2.52 bits per heavy atom. The second-order valence-corrected chi connectivity index (χ2v) is 9.58. The van der Waals surface area contributed by atoms with Gasteiger partial charge >= 0.3 is 11.7 Å². The van der Waals surface area contributed by atoms with Gasteiger partial charge < -0.3 is 10.2 Å². The second-order valence-electron chi connectivity index (χ2n) is 8.49. The van der Waals surface area contributed by atoms with E-state index in [9.17, 15) is 23.2 Å². The molecule has 2 aromatic heterocycles. The van der Waals surface area contributed by atoms with Crippen LogP contribution in [0.3, 0.4) is 0 Å². The molecule has 0 radical (unpaired) electrons. The molecule has 0 spiro atoms. The molecule has 0 bridgehead atoms. The highest BCUT2D eigenvalue weighted by atomic mass is 32.1. The minimum Gasteiger partial charge on any atom is -0.336 e. The zero-order chi connectivity index (χ0) is 20.7. The third-order valence-electron chi connectivity index (χ3n) is 6.38. The number of amides is 2. The maximum atomic E-state index is 13.6. The fourth-order valence-corrected chi connectivity index (χ4v) is 5.51. The Labute approximate surface area is 168 Å². The maximum Gasteiger partial charge on any atom is 0.332 e. The number of aromatic nitrogens is 2. The van der Waals surface area contributed by atoms with Gasteiger partial charge in [-0.3, -0.25) is 13.9 Å². The van der Waals surface area contributed by atoms with E-state index >= 15 is 0 Å². The summed E-state index contributed by atoms with van der Waals surface area (Å²) in [6.45, 7) is 5.16. The first-order chi connectivity index (χ1) is 13.7. The van der Waals surface area contributed by atoms with Crippen molar-refractivity contribution in [3.05, 3.63) is 31.3 Å². The predicted molar refractivity (Wildman–Crippen MR) is 105 cm³/mol. The zero-order valence-electron chi connectivity index (χ0n) is 16.2. The molecule has 1 aliphatic heterocycles. The summed E-state index contributed by atoms with van der Waals surface area (Å²) >= 11 is 1.26. The molecule has 1 N–H and O–H groups in total. The highest BCUT2D eigenvalue weighted by molar-refractivity contribution is 7.18. The van der Waals surface area contributed by atoms with Crippen molar-refractivity contribution < 1.29 is 13.6 Å². The van der Waals surface area contributed by atoms with Gasteiger partial charge in [0.1, 0.15) is 4.83 Å². The number of rotatable bonds is 5. The highest BCUT2D eigenvalue weighted by Crippen LogP contribution is 2.50. The Morgan fingerprint density at radius 2 is 1.97 bits per heavy atom. The molecule has 2 amide bonds. The van der Waals surface area contributed by atoms with Crippen LogP contribution in [0.4, 0.5) is 13.6 Å². The monoisotopic (exact) mass is 424 g/mol. The average molecular weight is 424 g/mol. The van der Waals surface area contributed by atoms with Crippen molar-refractivity contribution in [2.75, 3.05) is 13.1 Å². The van der Waals surface area contributed by atoms with Crippen LogP contribution in [0.2, 0.25) is 0 Å². The topological polar surface area (TPSA) is 76.3 Å². The van der Waals surface area contributed by atoms with Gasteiger partial charge in [0.05, 0.1) is 11.9 Å². The van der Waals surface area contributed by atoms with Crippen molar-refractivity contribution in [2.45, 2.75) is 51.7 Å². The molecule has 1 saturated heterocycles. The molecule has 3 aliphatic rings. The van der Waals surface area contributed by atoms with E-state index in [1.54, 1.807) is 4.90 Å². The third kappa shape index (κ3) is 2.91. The van der Waals surface area contributed by atoms with Crippen LogP contribution < -0.4 is 16.6 Å². The number of halogens is 2. The molecule has 3 fully saturated rings. The summed E-state index contributed by atoms with van der Waals surface area (Å²) in [5, 5.41) is 3.17. The van der Waals surface area contributed by atoms with Gasteiger partial charge in [0.2, 0.25) is 0 Å². The molecule has 2 aliphatic carbocycles. The molecule has 10 heteroatoms. The lowest BCUT2D eigenvalue weighted by Gasteiger charge is -2.12. The van der Waals surface area contributed by atoms with Crippen molar-refractivity contribution in [3.63, 3.8) is 0 Å². The fraction of sp³-hybridized carbons (Fsp3) is 0.632. The van der Waals surface area contributed by atoms with Gasteiger partial charge in [0.15, 0.2) is 0 Å². The molecular formula is C19H22F2N4O3S. The Morgan fingerprint density at radius 1 is 1.28 bits per heavy atom. The summed E-state index contributed by atoms with van der Waals surface area (Å²) in [7, 11) is 0. The standard InChI is InChI=1S/C19H22F2N4O3S/c1-9-5-12(9)25-15(26)14-10(2)13(8-23-4-3-22-17(23)27)29-16(14)24(18(25)28)7-11-6-19(11,20)21/h9,11-12H,3-8H2,1-2H3,(H,22,27)/t9-,11?,12?/m0/s1. The Kier molecular flexibility index (Phi) is 3.97. The second kappa shape index (κ2) is 6.13. The molecule has 29 heavy (non-hydrogen) atoms. The summed E-state index contributed by atoms with van der Waals surface area (Å²) in [4.78, 5) is 41.2. The van der Waals surface area contributed by atoms with E-state index in [1.807, 2.05) is 13.8 Å². The Bertz CT molecular complexity index is 1150. The lowest BCUT2D eigenvalue weighted by atomic mass is 10.2. The van der Waals surface area contributed by atoms with Gasteiger partial charge in [-0.2, -0.15) is 0 Å². The average Bonchev–Trinajstić information content (AvgIpc) is 3.38. The molecule has 156 valence electrons. The molecular weight excluding hydrogens is 402 g/mol. The van der Waals surface area contributed by atoms with Crippen LogP contribution in [0.1, 0.15) is 36.2 Å². The number of fused-ring (bicyclic) bond motifs is 1.